The van der Waals surface area contributed by atoms with E-state index < -0.39 is 18.1 Å². The summed E-state index contributed by atoms with van der Waals surface area (Å²) in [4.78, 5) is 38.2. The predicted molar refractivity (Wildman–Crippen MR) is 103 cm³/mol. The molecule has 0 unspecified atom stereocenters. The highest BCUT2D eigenvalue weighted by molar-refractivity contribution is 8.04. The molecule has 1 aliphatic rings. The van der Waals surface area contributed by atoms with Crippen LogP contribution >= 0.6 is 11.8 Å². The lowest BCUT2D eigenvalue weighted by Crippen LogP contribution is -2.26. The van der Waals surface area contributed by atoms with Crippen LogP contribution in [0.2, 0.25) is 0 Å². The number of nitrogens with one attached hydrogen (secondary N) is 2. The van der Waals surface area contributed by atoms with Crippen molar-refractivity contribution in [2.24, 2.45) is 0 Å². The third-order valence-corrected chi connectivity index (χ3v) is 5.30. The molecule has 6 heteroatoms. The fourth-order valence-corrected chi connectivity index (χ4v) is 3.57. The van der Waals surface area contributed by atoms with Gasteiger partial charge in [-0.1, -0.05) is 42.1 Å². The lowest BCUT2D eigenvalue weighted by Gasteiger charge is -2.21. The van der Waals surface area contributed by atoms with Gasteiger partial charge >= 0.3 is 0 Å². The number of rotatable bonds is 5. The minimum absolute atomic E-state index is 0.362. The number of aryl methyl sites for hydroxylation is 1. The molecule has 0 atom stereocenters. The van der Waals surface area contributed by atoms with E-state index >= 15 is 0 Å². The van der Waals surface area contributed by atoms with Crippen molar-refractivity contribution in [3.8, 4) is 0 Å². The summed E-state index contributed by atoms with van der Waals surface area (Å²) in [5.41, 5.74) is 3.03. The molecule has 0 saturated carbocycles. The molecule has 132 valence electrons. The van der Waals surface area contributed by atoms with Crippen LogP contribution in [0.3, 0.4) is 0 Å². The normalized spacial score (nSPS) is 12.8. The third-order valence-electron chi connectivity index (χ3n) is 3.98. The van der Waals surface area contributed by atoms with Crippen LogP contribution in [0.4, 0.5) is 11.4 Å². The van der Waals surface area contributed by atoms with Crippen molar-refractivity contribution in [3.05, 3.63) is 64.7 Å². The van der Waals surface area contributed by atoms with Crippen LogP contribution < -0.4 is 10.6 Å². The van der Waals surface area contributed by atoms with Crippen molar-refractivity contribution in [2.45, 2.75) is 25.2 Å². The maximum absolute atomic E-state index is 12.5. The number of carbonyl (C=O) groups excluding carboxylic acids is 3. The first kappa shape index (κ1) is 17.9. The van der Waals surface area contributed by atoms with Crippen LogP contribution in [0.15, 0.2) is 64.0 Å². The van der Waals surface area contributed by atoms with Crippen LogP contribution in [-0.4, -0.2) is 17.5 Å². The number of allylic oxidation sites excluding steroid dienone is 2. The summed E-state index contributed by atoms with van der Waals surface area (Å²) < 4.78 is 0. The molecule has 0 aliphatic carbocycles. The standard InChI is InChI=1S/C20H18N2O3S/c1-12-7-3-4-8-14(12)22-20(25)17(24)11-16(23)19-13(2)21-15-9-5-6-10-18(15)26-19/h3-10,21H,11H2,1-2H3,(H,22,25). The molecule has 3 rings (SSSR count). The summed E-state index contributed by atoms with van der Waals surface area (Å²) >= 11 is 1.32. The van der Waals surface area contributed by atoms with E-state index in [1.807, 2.05) is 43.3 Å². The predicted octanol–water partition coefficient (Wildman–Crippen LogP) is 3.91. The number of amides is 1. The zero-order valence-electron chi connectivity index (χ0n) is 14.5. The number of carbonyl (C=O) groups is 3. The van der Waals surface area contributed by atoms with Crippen LogP contribution in [-0.2, 0) is 14.4 Å². The molecule has 1 aliphatic heterocycles. The van der Waals surface area contributed by atoms with Crippen molar-refractivity contribution in [2.75, 3.05) is 10.6 Å². The second-order valence-electron chi connectivity index (χ2n) is 5.97. The maximum atomic E-state index is 12.5. The Balaban J connectivity index is 1.67. The molecule has 0 radical (unpaired) electrons. The lowest BCUT2D eigenvalue weighted by atomic mass is 10.1. The molecule has 26 heavy (non-hydrogen) atoms. The van der Waals surface area contributed by atoms with Crippen LogP contribution in [0.1, 0.15) is 18.9 Å². The van der Waals surface area contributed by atoms with Gasteiger partial charge in [-0.15, -0.1) is 0 Å². The Hall–Kier alpha value is -2.86. The highest BCUT2D eigenvalue weighted by Gasteiger charge is 2.25. The molecule has 2 aromatic carbocycles. The SMILES string of the molecule is CC1=C(C(=O)CC(=O)C(=O)Nc2ccccc2C)Sc2ccccc2N1. The van der Waals surface area contributed by atoms with Gasteiger partial charge in [0.2, 0.25) is 5.78 Å². The molecule has 2 aromatic rings. The molecule has 5 nitrogen and oxygen atoms in total. The molecule has 0 spiro atoms. The fraction of sp³-hybridized carbons (Fsp3) is 0.150. The van der Waals surface area contributed by atoms with Gasteiger partial charge in [0.05, 0.1) is 17.0 Å². The minimum atomic E-state index is -0.778. The number of anilines is 2. The molecule has 1 amide bonds. The second-order valence-corrected chi connectivity index (χ2v) is 7.02. The van der Waals surface area contributed by atoms with E-state index in [0.717, 1.165) is 16.1 Å². The van der Waals surface area contributed by atoms with Gasteiger partial charge in [0.25, 0.3) is 5.91 Å². The number of fused-ring (bicyclic) bond motifs is 1. The Morgan fingerprint density at radius 2 is 1.69 bits per heavy atom. The van der Waals surface area contributed by atoms with Crippen molar-refractivity contribution in [3.63, 3.8) is 0 Å². The summed E-state index contributed by atoms with van der Waals surface area (Å²) in [5, 5.41) is 5.73. The first-order valence-corrected chi connectivity index (χ1v) is 8.95. The average molecular weight is 366 g/mol. The smallest absolute Gasteiger partial charge is 0.292 e. The van der Waals surface area contributed by atoms with Gasteiger partial charge in [0.15, 0.2) is 5.78 Å². The fourth-order valence-electron chi connectivity index (χ4n) is 2.58. The van der Waals surface area contributed by atoms with E-state index in [1.165, 1.54) is 11.8 Å². The van der Waals surface area contributed by atoms with Gasteiger partial charge in [-0.3, -0.25) is 14.4 Å². The number of hydrogen-bond acceptors (Lipinski definition) is 5. The number of para-hydroxylation sites is 2. The molecule has 0 aromatic heterocycles. The number of ketones is 2. The number of Topliss-reactive ketones (excluding diaryl/α,β-unsaturated/α-hetero) is 2. The van der Waals surface area contributed by atoms with E-state index in [9.17, 15) is 14.4 Å². The van der Waals surface area contributed by atoms with E-state index in [4.69, 9.17) is 0 Å². The highest BCUT2D eigenvalue weighted by Crippen LogP contribution is 2.40. The largest absolute Gasteiger partial charge is 0.357 e. The summed E-state index contributed by atoms with van der Waals surface area (Å²) in [7, 11) is 0. The first-order chi connectivity index (χ1) is 12.5. The monoisotopic (exact) mass is 366 g/mol. The van der Waals surface area contributed by atoms with E-state index in [1.54, 1.807) is 19.1 Å². The quantitative estimate of drug-likeness (QED) is 0.620. The molecule has 0 bridgehead atoms. The topological polar surface area (TPSA) is 75.3 Å². The van der Waals surface area contributed by atoms with Crippen LogP contribution in [0.5, 0.6) is 0 Å². The highest BCUT2D eigenvalue weighted by atomic mass is 32.2. The van der Waals surface area contributed by atoms with Gasteiger partial charge in [0.1, 0.15) is 0 Å². The van der Waals surface area contributed by atoms with Gasteiger partial charge in [-0.2, -0.15) is 0 Å². The lowest BCUT2D eigenvalue weighted by molar-refractivity contribution is -0.136. The molecule has 0 saturated heterocycles. The van der Waals surface area contributed by atoms with Crippen LogP contribution in [0.25, 0.3) is 0 Å². The minimum Gasteiger partial charge on any atom is -0.357 e. The van der Waals surface area contributed by atoms with Gasteiger partial charge in [0, 0.05) is 16.3 Å². The molecule has 0 fully saturated rings. The zero-order chi connectivity index (χ0) is 18.7. The van der Waals surface area contributed by atoms with E-state index in [-0.39, 0.29) is 5.78 Å². The van der Waals surface area contributed by atoms with E-state index in [0.29, 0.717) is 16.3 Å². The van der Waals surface area contributed by atoms with E-state index in [2.05, 4.69) is 10.6 Å². The molecular weight excluding hydrogens is 348 g/mol. The average Bonchev–Trinajstić information content (AvgIpc) is 2.62. The van der Waals surface area contributed by atoms with Gasteiger partial charge < -0.3 is 10.6 Å². The van der Waals surface area contributed by atoms with Crippen molar-refractivity contribution < 1.29 is 14.4 Å². The summed E-state index contributed by atoms with van der Waals surface area (Å²) in [6.45, 7) is 3.62. The summed E-state index contributed by atoms with van der Waals surface area (Å²) in [5.74, 6) is -1.89. The van der Waals surface area contributed by atoms with Crippen molar-refractivity contribution >= 4 is 40.6 Å². The third kappa shape index (κ3) is 3.86. The zero-order valence-corrected chi connectivity index (χ0v) is 15.3. The Labute approximate surface area is 155 Å². The summed E-state index contributed by atoms with van der Waals surface area (Å²) in [6, 6.07) is 14.8. The number of benzene rings is 2. The molecule has 1 heterocycles. The molecular formula is C20H18N2O3S. The summed E-state index contributed by atoms with van der Waals surface area (Å²) in [6.07, 6.45) is -0.457. The van der Waals surface area contributed by atoms with Gasteiger partial charge in [-0.25, -0.2) is 0 Å². The number of hydrogen-bond donors (Lipinski definition) is 2. The Bertz CT molecular complexity index is 934. The number of thioether (sulfide) groups is 1. The van der Waals surface area contributed by atoms with Crippen molar-refractivity contribution in [1.29, 1.82) is 0 Å². The van der Waals surface area contributed by atoms with Gasteiger partial charge in [-0.05, 0) is 37.6 Å². The van der Waals surface area contributed by atoms with Crippen molar-refractivity contribution in [1.82, 2.24) is 0 Å². The Morgan fingerprint density at radius 3 is 2.46 bits per heavy atom. The molecule has 2 N–H and O–H groups in total. The first-order valence-electron chi connectivity index (χ1n) is 8.13. The van der Waals surface area contributed by atoms with Crippen LogP contribution in [0, 0.1) is 6.92 Å². The second kappa shape index (κ2) is 7.58. The Kier molecular flexibility index (Phi) is 5.23. The maximum Gasteiger partial charge on any atom is 0.292 e. The Morgan fingerprint density at radius 1 is 1.00 bits per heavy atom.